The van der Waals surface area contributed by atoms with Crippen LogP contribution in [0.15, 0.2) is 48.2 Å². The van der Waals surface area contributed by atoms with Gasteiger partial charge in [0, 0.05) is 31.4 Å². The Morgan fingerprint density at radius 2 is 2.08 bits per heavy atom. The number of aromatic amines is 1. The molecule has 3 heterocycles. The molecule has 10 heteroatoms. The van der Waals surface area contributed by atoms with Crippen LogP contribution in [0.5, 0.6) is 5.88 Å². The molecule has 4 aromatic rings. The van der Waals surface area contributed by atoms with Gasteiger partial charge in [-0.2, -0.15) is 0 Å². The number of hydrogen-bond donors (Lipinski definition) is 2. The minimum Gasteiger partial charge on any atom is -0.480 e. The van der Waals surface area contributed by atoms with E-state index >= 15 is 0 Å². The highest BCUT2D eigenvalue weighted by atomic mass is 32.1. The maximum absolute atomic E-state index is 12.5. The molecule has 1 atom stereocenters. The van der Waals surface area contributed by atoms with Gasteiger partial charge in [-0.15, -0.1) is 11.3 Å². The summed E-state index contributed by atoms with van der Waals surface area (Å²) >= 11 is 1.28. The molecule has 0 aliphatic heterocycles. The number of fused-ring (bicyclic) bond motifs is 1. The molecule has 188 valence electrons. The highest BCUT2D eigenvalue weighted by Crippen LogP contribution is 2.31. The monoisotopic (exact) mass is 507 g/mol. The first-order valence-electron chi connectivity index (χ1n) is 11.8. The summed E-state index contributed by atoms with van der Waals surface area (Å²) in [6, 6.07) is 9.85. The normalized spacial score (nSPS) is 11.9. The van der Waals surface area contributed by atoms with Gasteiger partial charge in [0.25, 0.3) is 5.91 Å². The number of nitrogens with zero attached hydrogens (tertiary/aromatic N) is 3. The lowest BCUT2D eigenvalue weighted by Crippen LogP contribution is -2.30. The van der Waals surface area contributed by atoms with Crippen molar-refractivity contribution >= 4 is 33.9 Å². The van der Waals surface area contributed by atoms with Crippen LogP contribution in [0.4, 0.5) is 0 Å². The minimum absolute atomic E-state index is 0.191. The number of pyridine rings is 1. The third-order valence-corrected chi connectivity index (χ3v) is 6.55. The van der Waals surface area contributed by atoms with Crippen molar-refractivity contribution in [1.29, 1.82) is 0 Å². The van der Waals surface area contributed by atoms with Gasteiger partial charge in [0.1, 0.15) is 16.5 Å². The van der Waals surface area contributed by atoms with Crippen molar-refractivity contribution in [2.75, 3.05) is 26.9 Å². The lowest BCUT2D eigenvalue weighted by atomic mass is 10.1. The van der Waals surface area contributed by atoms with E-state index < -0.39 is 0 Å². The van der Waals surface area contributed by atoms with E-state index in [1.165, 1.54) is 11.3 Å². The Kier molecular flexibility index (Phi) is 8.75. The number of ether oxygens (including phenoxy) is 2. The van der Waals surface area contributed by atoms with Crippen molar-refractivity contribution in [1.82, 2.24) is 25.3 Å². The molecule has 1 aromatic carbocycles. The van der Waals surface area contributed by atoms with Crippen LogP contribution in [0.1, 0.15) is 47.6 Å². The fourth-order valence-electron chi connectivity index (χ4n) is 3.77. The number of rotatable bonds is 13. The Labute approximate surface area is 213 Å². The summed E-state index contributed by atoms with van der Waals surface area (Å²) in [5.74, 6) is 0.978. The Hall–Kier alpha value is -3.63. The van der Waals surface area contributed by atoms with Crippen LogP contribution in [0, 0.1) is 0 Å². The van der Waals surface area contributed by atoms with Crippen molar-refractivity contribution in [2.24, 2.45) is 0 Å². The first-order chi connectivity index (χ1) is 17.6. The number of H-pyrrole nitrogens is 1. The molecule has 0 bridgehead atoms. The second-order valence-electron chi connectivity index (χ2n) is 8.26. The number of thiazole rings is 1. The number of carbonyl (C=O) groups excluding carboxylic acids is 2. The Balaban J connectivity index is 1.51. The number of benzene rings is 1. The average Bonchev–Trinajstić information content (AvgIpc) is 3.62. The molecule has 4 rings (SSSR count). The predicted octanol–water partition coefficient (Wildman–Crippen LogP) is 4.38. The maximum atomic E-state index is 12.5. The van der Waals surface area contributed by atoms with Crippen LogP contribution in [-0.2, 0) is 9.53 Å². The predicted molar refractivity (Wildman–Crippen MR) is 138 cm³/mol. The molecule has 1 unspecified atom stereocenters. The summed E-state index contributed by atoms with van der Waals surface area (Å²) < 4.78 is 11.4. The molecule has 0 aliphatic rings. The maximum Gasteiger partial charge on any atom is 0.263 e. The number of hydrogen-bond acceptors (Lipinski definition) is 8. The van der Waals surface area contributed by atoms with Crippen molar-refractivity contribution in [3.63, 3.8) is 0 Å². The highest BCUT2D eigenvalue weighted by molar-refractivity contribution is 7.11. The number of para-hydroxylation sites is 1. The number of Topliss-reactive ketones (excluding diaryl/α,β-unsaturated/α-hetero) is 1. The van der Waals surface area contributed by atoms with Crippen LogP contribution in [-0.4, -0.2) is 58.5 Å². The smallest absolute Gasteiger partial charge is 0.263 e. The molecule has 0 fully saturated rings. The first kappa shape index (κ1) is 25.5. The number of ketones is 1. The molecule has 2 N–H and O–H groups in total. The van der Waals surface area contributed by atoms with Crippen LogP contribution in [0.25, 0.3) is 22.2 Å². The molecule has 0 saturated carbocycles. The fourth-order valence-corrected chi connectivity index (χ4v) is 4.30. The van der Waals surface area contributed by atoms with E-state index in [4.69, 9.17) is 9.47 Å². The zero-order valence-corrected chi connectivity index (χ0v) is 21.1. The lowest BCUT2D eigenvalue weighted by molar-refractivity contribution is -0.119. The van der Waals surface area contributed by atoms with Crippen LogP contribution in [0.2, 0.25) is 0 Å². The second kappa shape index (κ2) is 12.4. The number of carbonyl (C=O) groups is 2. The summed E-state index contributed by atoms with van der Waals surface area (Å²) in [6.45, 7) is 2.98. The molecule has 3 aromatic heterocycles. The molecule has 9 nitrogen and oxygen atoms in total. The molecular weight excluding hydrogens is 478 g/mol. The van der Waals surface area contributed by atoms with Gasteiger partial charge >= 0.3 is 0 Å². The molecular formula is C26H29N5O4S. The lowest BCUT2D eigenvalue weighted by Gasteiger charge is -2.16. The highest BCUT2D eigenvalue weighted by Gasteiger charge is 2.20. The molecule has 0 spiro atoms. The van der Waals surface area contributed by atoms with Crippen LogP contribution < -0.4 is 10.1 Å². The van der Waals surface area contributed by atoms with Crippen molar-refractivity contribution in [3.8, 4) is 17.1 Å². The van der Waals surface area contributed by atoms with E-state index in [2.05, 4.69) is 25.3 Å². The van der Waals surface area contributed by atoms with Gasteiger partial charge in [-0.05, 0) is 18.6 Å². The molecule has 36 heavy (non-hydrogen) atoms. The zero-order valence-electron chi connectivity index (χ0n) is 20.3. The van der Waals surface area contributed by atoms with Gasteiger partial charge < -0.3 is 19.8 Å². The van der Waals surface area contributed by atoms with E-state index in [1.807, 2.05) is 37.3 Å². The SMILES string of the molecule is CCC(=O)CCCOCC(CNC(=O)c1cncs1)c1ncc(-c2cc3ccccc3nc2OC)[nH]1. The van der Waals surface area contributed by atoms with Gasteiger partial charge in [0.2, 0.25) is 5.88 Å². The first-order valence-corrected chi connectivity index (χ1v) is 12.7. The van der Waals surface area contributed by atoms with Crippen molar-refractivity contribution < 1.29 is 19.1 Å². The third-order valence-electron chi connectivity index (χ3n) is 5.78. The number of amides is 1. The Morgan fingerprint density at radius 3 is 2.86 bits per heavy atom. The van der Waals surface area contributed by atoms with Gasteiger partial charge in [-0.3, -0.25) is 14.6 Å². The van der Waals surface area contributed by atoms with E-state index in [9.17, 15) is 9.59 Å². The summed E-state index contributed by atoms with van der Waals surface area (Å²) in [7, 11) is 1.59. The third kappa shape index (κ3) is 6.32. The summed E-state index contributed by atoms with van der Waals surface area (Å²) in [5.41, 5.74) is 4.02. The van der Waals surface area contributed by atoms with Gasteiger partial charge in [0.15, 0.2) is 0 Å². The zero-order chi connectivity index (χ0) is 25.3. The van der Waals surface area contributed by atoms with E-state index in [-0.39, 0.29) is 17.6 Å². The van der Waals surface area contributed by atoms with E-state index in [1.54, 1.807) is 25.0 Å². The standard InChI is InChI=1S/C26H29N5O4S/c1-3-19(32)8-6-10-35-15-18(12-29-25(33)23-14-27-16-36-23)24-28-13-22(30-24)20-11-17-7-4-5-9-21(17)31-26(20)34-2/h4-5,7,9,11,13-14,16,18H,3,6,8,10,12,15H2,1-2H3,(H,28,30)(H,29,33). The average molecular weight is 508 g/mol. The number of imidazole rings is 1. The molecule has 0 radical (unpaired) electrons. The van der Waals surface area contributed by atoms with Crippen molar-refractivity contribution in [2.45, 2.75) is 32.1 Å². The van der Waals surface area contributed by atoms with Crippen LogP contribution in [0.3, 0.4) is 0 Å². The van der Waals surface area contributed by atoms with E-state index in [0.29, 0.717) is 55.6 Å². The number of methoxy groups -OCH3 is 1. The minimum atomic E-state index is -0.225. The molecule has 1 amide bonds. The summed E-state index contributed by atoms with van der Waals surface area (Å²) in [4.78, 5) is 41.1. The van der Waals surface area contributed by atoms with Gasteiger partial charge in [0.05, 0.1) is 54.3 Å². The summed E-state index contributed by atoms with van der Waals surface area (Å²) in [5, 5.41) is 3.94. The largest absolute Gasteiger partial charge is 0.480 e. The van der Waals surface area contributed by atoms with Gasteiger partial charge in [-0.1, -0.05) is 25.1 Å². The van der Waals surface area contributed by atoms with Gasteiger partial charge in [-0.25, -0.2) is 9.97 Å². The number of aromatic nitrogens is 4. The number of nitrogens with one attached hydrogen (secondary N) is 2. The topological polar surface area (TPSA) is 119 Å². The van der Waals surface area contributed by atoms with Crippen LogP contribution >= 0.6 is 11.3 Å². The quantitative estimate of drug-likeness (QED) is 0.258. The molecule has 0 saturated heterocycles. The Morgan fingerprint density at radius 1 is 1.22 bits per heavy atom. The van der Waals surface area contributed by atoms with E-state index in [0.717, 1.165) is 22.2 Å². The van der Waals surface area contributed by atoms with Crippen molar-refractivity contribution in [3.05, 3.63) is 58.9 Å². The summed E-state index contributed by atoms with van der Waals surface area (Å²) in [6.07, 6.45) is 4.98. The Bertz CT molecular complexity index is 1300. The second-order valence-corrected chi connectivity index (χ2v) is 9.15. The molecule has 0 aliphatic carbocycles. The fraction of sp³-hybridized carbons (Fsp3) is 0.346.